The van der Waals surface area contributed by atoms with Gasteiger partial charge in [-0.15, -0.1) is 0 Å². The van der Waals surface area contributed by atoms with Crippen LogP contribution in [-0.4, -0.2) is 25.8 Å². The van der Waals surface area contributed by atoms with Gasteiger partial charge in [0.05, 0.1) is 5.56 Å². The van der Waals surface area contributed by atoms with Crippen LogP contribution in [-0.2, 0) is 9.63 Å². The third-order valence-corrected chi connectivity index (χ3v) is 3.55. The zero-order chi connectivity index (χ0) is 16.8. The van der Waals surface area contributed by atoms with Crippen molar-refractivity contribution in [2.24, 2.45) is 5.16 Å². The van der Waals surface area contributed by atoms with Gasteiger partial charge in [-0.1, -0.05) is 28.9 Å². The summed E-state index contributed by atoms with van der Waals surface area (Å²) in [4.78, 5) is 16.8. The summed E-state index contributed by atoms with van der Waals surface area (Å²) in [7, 11) is 2.91. The van der Waals surface area contributed by atoms with Crippen LogP contribution in [0.4, 0.5) is 0 Å². The molecule has 0 fully saturated rings. The molecule has 0 aliphatic carbocycles. The molecule has 0 unspecified atom stereocenters. The van der Waals surface area contributed by atoms with E-state index in [-0.39, 0.29) is 11.6 Å². The third-order valence-electron chi connectivity index (χ3n) is 3.12. The van der Waals surface area contributed by atoms with Crippen molar-refractivity contribution in [3.8, 4) is 11.5 Å². The van der Waals surface area contributed by atoms with Crippen LogP contribution in [0.3, 0.4) is 0 Å². The van der Waals surface area contributed by atoms with Crippen LogP contribution >= 0.6 is 11.6 Å². The Balaban J connectivity index is 2.42. The number of amides is 1. The average Bonchev–Trinajstić information content (AvgIpc) is 2.56. The molecule has 0 saturated heterocycles. The van der Waals surface area contributed by atoms with Crippen LogP contribution in [0.1, 0.15) is 11.1 Å². The Kier molecular flexibility index (Phi) is 5.60. The number of hydrogen-bond acceptors (Lipinski definition) is 4. The number of para-hydroxylation sites is 1. The lowest BCUT2D eigenvalue weighted by Crippen LogP contribution is -2.28. The second-order valence-corrected chi connectivity index (χ2v) is 5.12. The number of carbonyl (C=O) groups excluding carboxylic acids is 1. The highest BCUT2D eigenvalue weighted by Crippen LogP contribution is 2.28. The first-order valence-corrected chi connectivity index (χ1v) is 7.31. The first-order chi connectivity index (χ1) is 11.1. The Hall–Kier alpha value is -2.53. The van der Waals surface area contributed by atoms with Gasteiger partial charge in [0.15, 0.2) is 5.71 Å². The highest BCUT2D eigenvalue weighted by atomic mass is 35.5. The van der Waals surface area contributed by atoms with E-state index >= 15 is 0 Å². The van der Waals surface area contributed by atoms with Gasteiger partial charge in [-0.3, -0.25) is 4.79 Å². The summed E-state index contributed by atoms with van der Waals surface area (Å²) in [5, 5.41) is 7.00. The summed E-state index contributed by atoms with van der Waals surface area (Å²) in [5.74, 6) is 0.747. The first-order valence-electron chi connectivity index (χ1n) is 6.93. The molecule has 0 atom stereocenters. The Bertz CT molecular complexity index is 744. The van der Waals surface area contributed by atoms with Gasteiger partial charge in [0.25, 0.3) is 5.91 Å². The monoisotopic (exact) mass is 332 g/mol. The van der Waals surface area contributed by atoms with Gasteiger partial charge in [-0.05, 0) is 42.8 Å². The predicted octanol–water partition coefficient (Wildman–Crippen LogP) is 3.54. The third kappa shape index (κ3) is 4.02. The molecule has 0 saturated carbocycles. The second-order valence-electron chi connectivity index (χ2n) is 4.71. The number of hydrogen-bond donors (Lipinski definition) is 1. The Morgan fingerprint density at radius 1 is 1.22 bits per heavy atom. The molecule has 0 heterocycles. The van der Waals surface area contributed by atoms with E-state index < -0.39 is 0 Å². The van der Waals surface area contributed by atoms with Crippen LogP contribution in [0.25, 0.3) is 0 Å². The number of oxime groups is 1. The first kappa shape index (κ1) is 16.8. The molecule has 6 heteroatoms. The summed E-state index contributed by atoms with van der Waals surface area (Å²) in [6.45, 7) is 1.89. The maximum absolute atomic E-state index is 12.0. The van der Waals surface area contributed by atoms with Gasteiger partial charge in [-0.25, -0.2) is 0 Å². The molecule has 23 heavy (non-hydrogen) atoms. The fourth-order valence-electron chi connectivity index (χ4n) is 1.98. The molecule has 0 aliphatic heterocycles. The van der Waals surface area contributed by atoms with Gasteiger partial charge in [0.2, 0.25) is 0 Å². The Morgan fingerprint density at radius 3 is 2.61 bits per heavy atom. The van der Waals surface area contributed by atoms with Gasteiger partial charge in [-0.2, -0.15) is 0 Å². The molecule has 0 bridgehead atoms. The Labute approximate surface area is 139 Å². The highest BCUT2D eigenvalue weighted by molar-refractivity contribution is 6.45. The number of ether oxygens (including phenoxy) is 1. The molecule has 0 aliphatic rings. The number of aryl methyl sites for hydroxylation is 1. The van der Waals surface area contributed by atoms with Gasteiger partial charge >= 0.3 is 0 Å². The van der Waals surface area contributed by atoms with E-state index in [0.717, 1.165) is 5.56 Å². The van der Waals surface area contributed by atoms with Crippen LogP contribution in [0.5, 0.6) is 11.5 Å². The van der Waals surface area contributed by atoms with Crippen molar-refractivity contribution in [2.75, 3.05) is 14.2 Å². The van der Waals surface area contributed by atoms with Crippen LogP contribution in [0, 0.1) is 6.92 Å². The van der Waals surface area contributed by atoms with Crippen molar-refractivity contribution in [1.82, 2.24) is 5.32 Å². The lowest BCUT2D eigenvalue weighted by Gasteiger charge is -2.12. The van der Waals surface area contributed by atoms with Crippen LogP contribution in [0.2, 0.25) is 5.02 Å². The molecule has 2 aromatic carbocycles. The number of halogens is 1. The van der Waals surface area contributed by atoms with Gasteiger partial charge < -0.3 is 14.9 Å². The van der Waals surface area contributed by atoms with Gasteiger partial charge in [0.1, 0.15) is 18.6 Å². The van der Waals surface area contributed by atoms with E-state index in [4.69, 9.17) is 21.2 Å². The zero-order valence-electron chi connectivity index (χ0n) is 13.1. The molecule has 0 radical (unpaired) electrons. The van der Waals surface area contributed by atoms with Crippen molar-refractivity contribution in [3.05, 3.63) is 58.6 Å². The minimum absolute atomic E-state index is 0.135. The van der Waals surface area contributed by atoms with E-state index in [1.807, 2.05) is 19.1 Å². The van der Waals surface area contributed by atoms with Crippen molar-refractivity contribution in [3.63, 3.8) is 0 Å². The van der Waals surface area contributed by atoms with E-state index in [1.54, 1.807) is 30.3 Å². The van der Waals surface area contributed by atoms with Gasteiger partial charge in [0, 0.05) is 12.1 Å². The predicted molar refractivity (Wildman–Crippen MR) is 90.3 cm³/mol. The van der Waals surface area contributed by atoms with Crippen molar-refractivity contribution >= 4 is 23.2 Å². The topological polar surface area (TPSA) is 59.9 Å². The van der Waals surface area contributed by atoms with Crippen LogP contribution in [0.15, 0.2) is 47.6 Å². The average molecular weight is 333 g/mol. The standard InChI is InChI=1S/C17H17ClN2O3/c1-11-10-12(8-9-14(11)18)23-15-7-5-4-6-13(15)16(20-22-3)17(21)19-2/h4-10H,1-3H3,(H,19,21). The SMILES string of the molecule is CNC(=O)C(=NOC)c1ccccc1Oc1ccc(Cl)c(C)c1. The summed E-state index contributed by atoms with van der Waals surface area (Å²) in [5.41, 5.74) is 1.57. The van der Waals surface area contributed by atoms with Crippen molar-refractivity contribution in [2.45, 2.75) is 6.92 Å². The van der Waals surface area contributed by atoms with Crippen molar-refractivity contribution < 1.29 is 14.4 Å². The summed E-state index contributed by atoms with van der Waals surface area (Å²) in [6, 6.07) is 12.5. The normalized spacial score (nSPS) is 11.0. The number of carbonyl (C=O) groups is 1. The van der Waals surface area contributed by atoms with Crippen LogP contribution < -0.4 is 10.1 Å². The maximum atomic E-state index is 12.0. The van der Waals surface area contributed by atoms with E-state index in [9.17, 15) is 4.79 Å². The lowest BCUT2D eigenvalue weighted by molar-refractivity contribution is -0.114. The molecule has 120 valence electrons. The molecular weight excluding hydrogens is 316 g/mol. The summed E-state index contributed by atoms with van der Waals surface area (Å²) in [6.07, 6.45) is 0. The molecule has 1 N–H and O–H groups in total. The number of benzene rings is 2. The Morgan fingerprint density at radius 2 is 1.96 bits per heavy atom. The summed E-state index contributed by atoms with van der Waals surface area (Å²) >= 11 is 6.02. The second kappa shape index (κ2) is 7.65. The number of nitrogens with one attached hydrogen (secondary N) is 1. The van der Waals surface area contributed by atoms with E-state index in [2.05, 4.69) is 10.5 Å². The molecule has 1 amide bonds. The number of rotatable bonds is 5. The molecule has 2 aromatic rings. The molecule has 2 rings (SSSR count). The summed E-state index contributed by atoms with van der Waals surface area (Å²) < 4.78 is 5.89. The number of likely N-dealkylation sites (N-methyl/N-ethyl adjacent to an activating group) is 1. The molecule has 5 nitrogen and oxygen atoms in total. The maximum Gasteiger partial charge on any atom is 0.273 e. The van der Waals surface area contributed by atoms with E-state index in [0.29, 0.717) is 22.1 Å². The molecule has 0 spiro atoms. The smallest absolute Gasteiger partial charge is 0.273 e. The fraction of sp³-hybridized carbons (Fsp3) is 0.176. The lowest BCUT2D eigenvalue weighted by atomic mass is 10.1. The minimum Gasteiger partial charge on any atom is -0.457 e. The molecular formula is C17H17ClN2O3. The largest absolute Gasteiger partial charge is 0.457 e. The fourth-order valence-corrected chi connectivity index (χ4v) is 2.10. The highest BCUT2D eigenvalue weighted by Gasteiger charge is 2.18. The van der Waals surface area contributed by atoms with Crippen molar-refractivity contribution in [1.29, 1.82) is 0 Å². The van der Waals surface area contributed by atoms with E-state index in [1.165, 1.54) is 14.2 Å². The zero-order valence-corrected chi connectivity index (χ0v) is 13.8. The molecule has 0 aromatic heterocycles. The quantitative estimate of drug-likeness (QED) is 0.673. The minimum atomic E-state index is -0.366. The number of nitrogens with zero attached hydrogens (tertiary/aromatic N) is 1.